The molecule has 0 atom stereocenters. The molecule has 0 bridgehead atoms. The molecule has 1 amide bonds. The summed E-state index contributed by atoms with van der Waals surface area (Å²) in [5.41, 5.74) is -0.347. The molecule has 7 nitrogen and oxygen atoms in total. The second-order valence-corrected chi connectivity index (χ2v) is 6.44. The van der Waals surface area contributed by atoms with Gasteiger partial charge in [0.15, 0.2) is 16.7 Å². The van der Waals surface area contributed by atoms with Gasteiger partial charge in [-0.15, -0.1) is 18.3 Å². The van der Waals surface area contributed by atoms with Crippen molar-refractivity contribution in [2.24, 2.45) is 10.2 Å². The van der Waals surface area contributed by atoms with E-state index < -0.39 is 29.8 Å². The number of rotatable bonds is 4. The van der Waals surface area contributed by atoms with Gasteiger partial charge in [-0.3, -0.25) is 10.1 Å². The number of nitrogens with zero attached hydrogens (tertiary/aromatic N) is 2. The lowest BCUT2D eigenvalue weighted by Gasteiger charge is -2.11. The lowest BCUT2D eigenvalue weighted by atomic mass is 10.2. The van der Waals surface area contributed by atoms with Crippen molar-refractivity contribution in [2.75, 3.05) is 7.11 Å². The Morgan fingerprint density at radius 2 is 2.07 bits per heavy atom. The van der Waals surface area contributed by atoms with Crippen molar-refractivity contribution in [2.45, 2.75) is 6.36 Å². The molecule has 0 aromatic heterocycles. The predicted molar refractivity (Wildman–Crippen MR) is 91.6 cm³/mol. The number of hydrogen-bond acceptors (Lipinski definition) is 7. The third-order valence-electron chi connectivity index (χ3n) is 2.75. The van der Waals surface area contributed by atoms with Crippen LogP contribution in [-0.2, 0) is 14.3 Å². The number of esters is 1. The van der Waals surface area contributed by atoms with Gasteiger partial charge in [-0.05, 0) is 23.9 Å². The van der Waals surface area contributed by atoms with E-state index in [1.807, 2.05) is 0 Å². The van der Waals surface area contributed by atoms with E-state index >= 15 is 0 Å². The number of alkyl halides is 3. The predicted octanol–water partition coefficient (Wildman–Crippen LogP) is 3.10. The van der Waals surface area contributed by atoms with Crippen LogP contribution in [0.4, 0.5) is 17.6 Å². The number of halogens is 5. The molecule has 1 heterocycles. The summed E-state index contributed by atoms with van der Waals surface area (Å²) in [4.78, 5) is 22.8. The van der Waals surface area contributed by atoms with E-state index in [2.05, 4.69) is 40.9 Å². The molecule has 1 saturated heterocycles. The standard InChI is InChI=1S/C14H8BrF4N3O4S/c1-25-10(23)4-9-12(24)21-13(27-9)22-20-5-6-7(15)2-3-8(11(6)16)26-14(17,18)19/h2-5H,1H3,(H,21,22,24)/b9-4+,20-5?. The van der Waals surface area contributed by atoms with Gasteiger partial charge < -0.3 is 9.47 Å². The highest BCUT2D eigenvalue weighted by Crippen LogP contribution is 2.30. The summed E-state index contributed by atoms with van der Waals surface area (Å²) >= 11 is 3.75. The van der Waals surface area contributed by atoms with Gasteiger partial charge in [0.2, 0.25) is 0 Å². The largest absolute Gasteiger partial charge is 0.573 e. The van der Waals surface area contributed by atoms with Crippen molar-refractivity contribution in [1.82, 2.24) is 5.32 Å². The molecular weight excluding hydrogens is 462 g/mol. The first kappa shape index (κ1) is 20.9. The Labute approximate surface area is 161 Å². The minimum atomic E-state index is -5.06. The van der Waals surface area contributed by atoms with Crippen LogP contribution in [0.5, 0.6) is 5.75 Å². The van der Waals surface area contributed by atoms with Gasteiger partial charge in [0.1, 0.15) is 0 Å². The minimum absolute atomic E-state index is 0.00346. The van der Waals surface area contributed by atoms with Gasteiger partial charge in [0.25, 0.3) is 5.91 Å². The average Bonchev–Trinajstić information content (AvgIpc) is 2.92. The Hall–Kier alpha value is -2.41. The van der Waals surface area contributed by atoms with E-state index in [0.717, 1.165) is 43.3 Å². The number of carbonyl (C=O) groups excluding carboxylic acids is 2. The maximum atomic E-state index is 14.1. The number of thioether (sulfide) groups is 1. The smallest absolute Gasteiger partial charge is 0.466 e. The van der Waals surface area contributed by atoms with Crippen LogP contribution in [0.1, 0.15) is 5.56 Å². The maximum absolute atomic E-state index is 14.1. The lowest BCUT2D eigenvalue weighted by Crippen LogP contribution is -2.19. The number of amides is 1. The van der Waals surface area contributed by atoms with Gasteiger partial charge in [0, 0.05) is 16.1 Å². The summed E-state index contributed by atoms with van der Waals surface area (Å²) in [5, 5.41) is 9.41. The second-order valence-electron chi connectivity index (χ2n) is 4.56. The highest BCUT2D eigenvalue weighted by atomic mass is 79.9. The molecule has 1 aromatic rings. The van der Waals surface area contributed by atoms with Crippen molar-refractivity contribution >= 4 is 51.0 Å². The molecule has 0 saturated carbocycles. The van der Waals surface area contributed by atoms with Gasteiger partial charge in [-0.2, -0.15) is 5.10 Å². The number of hydrogen-bond donors (Lipinski definition) is 1. The highest BCUT2D eigenvalue weighted by Gasteiger charge is 2.33. The molecule has 1 aliphatic heterocycles. The zero-order chi connectivity index (χ0) is 20.2. The Morgan fingerprint density at radius 1 is 1.37 bits per heavy atom. The second kappa shape index (κ2) is 8.52. The summed E-state index contributed by atoms with van der Waals surface area (Å²) in [6.45, 7) is 0. The van der Waals surface area contributed by atoms with E-state index in [0.29, 0.717) is 0 Å². The molecule has 1 fully saturated rings. The van der Waals surface area contributed by atoms with Crippen molar-refractivity contribution in [3.8, 4) is 5.75 Å². The van der Waals surface area contributed by atoms with Crippen LogP contribution in [0.15, 0.2) is 37.8 Å². The summed E-state index contributed by atoms with van der Waals surface area (Å²) in [5.74, 6) is -3.70. The molecule has 1 aliphatic rings. The summed E-state index contributed by atoms with van der Waals surface area (Å²) < 4.78 is 59.0. The molecule has 144 valence electrons. The molecule has 0 spiro atoms. The first-order valence-electron chi connectivity index (χ1n) is 6.74. The molecule has 0 unspecified atom stereocenters. The average molecular weight is 470 g/mol. The molecule has 1 aromatic carbocycles. The fourth-order valence-corrected chi connectivity index (χ4v) is 2.80. The van der Waals surface area contributed by atoms with Crippen molar-refractivity contribution in [3.05, 3.63) is 39.0 Å². The molecule has 13 heteroatoms. The number of amidine groups is 1. The zero-order valence-electron chi connectivity index (χ0n) is 13.1. The summed E-state index contributed by atoms with van der Waals surface area (Å²) in [6.07, 6.45) is -3.28. The molecule has 1 N–H and O–H groups in total. The Bertz CT molecular complexity index is 871. The fourth-order valence-electron chi connectivity index (χ4n) is 1.65. The summed E-state index contributed by atoms with van der Waals surface area (Å²) in [7, 11) is 1.14. The van der Waals surface area contributed by atoms with Crippen LogP contribution < -0.4 is 10.1 Å². The molecule has 27 heavy (non-hydrogen) atoms. The number of nitrogens with one attached hydrogen (secondary N) is 1. The third kappa shape index (κ3) is 5.79. The van der Waals surface area contributed by atoms with Crippen molar-refractivity contribution < 1.29 is 36.6 Å². The molecular formula is C14H8BrF4N3O4S. The summed E-state index contributed by atoms with van der Waals surface area (Å²) in [6, 6.07) is 1.94. The quantitative estimate of drug-likeness (QED) is 0.240. The molecule has 0 radical (unpaired) electrons. The van der Waals surface area contributed by atoms with Crippen LogP contribution in [-0.4, -0.2) is 36.7 Å². The third-order valence-corrected chi connectivity index (χ3v) is 4.34. The van der Waals surface area contributed by atoms with Crippen LogP contribution >= 0.6 is 27.7 Å². The Kier molecular flexibility index (Phi) is 6.59. The first-order valence-corrected chi connectivity index (χ1v) is 8.35. The zero-order valence-corrected chi connectivity index (χ0v) is 15.5. The van der Waals surface area contributed by atoms with E-state index in [1.54, 1.807) is 0 Å². The Balaban J connectivity index is 2.20. The molecule has 0 aliphatic carbocycles. The van der Waals surface area contributed by atoms with Gasteiger partial charge >= 0.3 is 12.3 Å². The fraction of sp³-hybridized carbons (Fsp3) is 0.143. The topological polar surface area (TPSA) is 89.3 Å². The lowest BCUT2D eigenvalue weighted by molar-refractivity contribution is -0.275. The highest BCUT2D eigenvalue weighted by molar-refractivity contribution is 9.10. The van der Waals surface area contributed by atoms with Crippen LogP contribution in [0, 0.1) is 5.82 Å². The molecule has 2 rings (SSSR count). The maximum Gasteiger partial charge on any atom is 0.573 e. The number of methoxy groups -OCH3 is 1. The normalized spacial score (nSPS) is 17.6. The van der Waals surface area contributed by atoms with Crippen molar-refractivity contribution in [1.29, 1.82) is 0 Å². The van der Waals surface area contributed by atoms with E-state index in [-0.39, 0.29) is 20.1 Å². The van der Waals surface area contributed by atoms with Crippen molar-refractivity contribution in [3.63, 3.8) is 0 Å². The Morgan fingerprint density at radius 3 is 2.70 bits per heavy atom. The number of benzene rings is 1. The van der Waals surface area contributed by atoms with E-state index in [4.69, 9.17) is 0 Å². The monoisotopic (exact) mass is 469 g/mol. The number of carbonyl (C=O) groups is 2. The van der Waals surface area contributed by atoms with E-state index in [1.165, 1.54) is 0 Å². The number of ether oxygens (including phenoxy) is 2. The van der Waals surface area contributed by atoms with Gasteiger partial charge in [-0.1, -0.05) is 15.9 Å². The SMILES string of the molecule is COC(=O)/C=C1/S/C(=N\N=Cc2c(Br)ccc(OC(F)(F)F)c2F)NC1=O. The van der Waals surface area contributed by atoms with Gasteiger partial charge in [0.05, 0.1) is 18.2 Å². The van der Waals surface area contributed by atoms with E-state index in [9.17, 15) is 27.2 Å². The van der Waals surface area contributed by atoms with Gasteiger partial charge in [-0.25, -0.2) is 9.18 Å². The van der Waals surface area contributed by atoms with Crippen LogP contribution in [0.2, 0.25) is 0 Å². The first-order chi connectivity index (χ1) is 12.6. The van der Waals surface area contributed by atoms with Crippen LogP contribution in [0.25, 0.3) is 0 Å². The minimum Gasteiger partial charge on any atom is -0.466 e. The van der Waals surface area contributed by atoms with Crippen LogP contribution in [0.3, 0.4) is 0 Å².